The fourth-order valence-corrected chi connectivity index (χ4v) is 1.85. The Balaban J connectivity index is 2.25. The van der Waals surface area contributed by atoms with Crippen molar-refractivity contribution >= 4 is 40.5 Å². The van der Waals surface area contributed by atoms with Crippen LogP contribution in [0.15, 0.2) is 30.5 Å². The van der Waals surface area contributed by atoms with Gasteiger partial charge in [-0.3, -0.25) is 9.78 Å². The first kappa shape index (κ1) is 13.6. The van der Waals surface area contributed by atoms with Crippen molar-refractivity contribution in [2.24, 2.45) is 0 Å². The second kappa shape index (κ2) is 5.47. The van der Waals surface area contributed by atoms with Crippen molar-refractivity contribution in [3.05, 3.63) is 51.8 Å². The summed E-state index contributed by atoms with van der Waals surface area (Å²) in [4.78, 5) is 16.1. The number of pyridine rings is 1. The van der Waals surface area contributed by atoms with Crippen LogP contribution in [-0.4, -0.2) is 10.9 Å². The van der Waals surface area contributed by atoms with E-state index in [9.17, 15) is 4.79 Å². The maximum atomic E-state index is 12.1. The highest BCUT2D eigenvalue weighted by Gasteiger charge is 2.11. The number of halogens is 2. The molecule has 0 radical (unpaired) electrons. The third-order valence-corrected chi connectivity index (χ3v) is 3.27. The van der Waals surface area contributed by atoms with Crippen LogP contribution >= 0.6 is 23.2 Å². The molecule has 0 saturated carbocycles. The van der Waals surface area contributed by atoms with Crippen molar-refractivity contribution in [2.75, 3.05) is 11.1 Å². The summed E-state index contributed by atoms with van der Waals surface area (Å²) in [5.41, 5.74) is 7.64. The molecule has 1 amide bonds. The van der Waals surface area contributed by atoms with Crippen LogP contribution in [0.5, 0.6) is 0 Å². The SMILES string of the molecule is Cc1ncc(N)cc1C(=O)Nc1ccc(Cl)c(Cl)c1. The van der Waals surface area contributed by atoms with Gasteiger partial charge in [0, 0.05) is 5.69 Å². The summed E-state index contributed by atoms with van der Waals surface area (Å²) in [5, 5.41) is 3.53. The Bertz CT molecular complexity index is 644. The summed E-state index contributed by atoms with van der Waals surface area (Å²) in [6, 6.07) is 6.44. The third kappa shape index (κ3) is 3.16. The Morgan fingerprint density at radius 1 is 1.26 bits per heavy atom. The van der Waals surface area contributed by atoms with Crippen molar-refractivity contribution in [2.45, 2.75) is 6.92 Å². The van der Waals surface area contributed by atoms with Gasteiger partial charge in [0.05, 0.1) is 33.2 Å². The van der Waals surface area contributed by atoms with Crippen molar-refractivity contribution in [3.8, 4) is 0 Å². The van der Waals surface area contributed by atoms with Crippen LogP contribution in [0.25, 0.3) is 0 Å². The first-order chi connectivity index (χ1) is 8.97. The normalized spacial score (nSPS) is 10.3. The standard InChI is InChI=1S/C13H11Cl2N3O/c1-7-10(4-8(16)6-17-7)13(19)18-9-2-3-11(14)12(15)5-9/h2-6H,16H2,1H3,(H,18,19). The molecular weight excluding hydrogens is 285 g/mol. The van der Waals surface area contributed by atoms with Crippen LogP contribution < -0.4 is 11.1 Å². The first-order valence-electron chi connectivity index (χ1n) is 5.46. The number of nitrogens with zero attached hydrogens (tertiary/aromatic N) is 1. The number of carbonyl (C=O) groups excluding carboxylic acids is 1. The van der Waals surface area contributed by atoms with E-state index >= 15 is 0 Å². The van der Waals surface area contributed by atoms with Gasteiger partial charge in [-0.2, -0.15) is 0 Å². The number of carbonyl (C=O) groups is 1. The molecule has 0 fully saturated rings. The molecular formula is C13H11Cl2N3O. The third-order valence-electron chi connectivity index (χ3n) is 2.53. The number of hydrogen-bond donors (Lipinski definition) is 2. The molecule has 98 valence electrons. The summed E-state index contributed by atoms with van der Waals surface area (Å²) in [5.74, 6) is -0.296. The van der Waals surface area contributed by atoms with Crippen molar-refractivity contribution < 1.29 is 4.79 Å². The van der Waals surface area contributed by atoms with E-state index in [1.165, 1.54) is 6.20 Å². The van der Waals surface area contributed by atoms with Crippen LogP contribution in [0.2, 0.25) is 10.0 Å². The van der Waals surface area contributed by atoms with Gasteiger partial charge in [0.15, 0.2) is 0 Å². The number of hydrogen-bond acceptors (Lipinski definition) is 3. The smallest absolute Gasteiger partial charge is 0.257 e. The van der Waals surface area contributed by atoms with Crippen LogP contribution in [-0.2, 0) is 0 Å². The number of aryl methyl sites for hydroxylation is 1. The Hall–Kier alpha value is -1.78. The van der Waals surface area contributed by atoms with E-state index in [1.54, 1.807) is 31.2 Å². The predicted octanol–water partition coefficient (Wildman–Crippen LogP) is 3.53. The van der Waals surface area contributed by atoms with Crippen molar-refractivity contribution in [3.63, 3.8) is 0 Å². The number of aromatic nitrogens is 1. The summed E-state index contributed by atoms with van der Waals surface area (Å²) in [6.07, 6.45) is 1.51. The number of anilines is 2. The topological polar surface area (TPSA) is 68.0 Å². The van der Waals surface area contributed by atoms with Crippen LogP contribution in [0.3, 0.4) is 0 Å². The number of nitrogen functional groups attached to an aromatic ring is 1. The molecule has 0 aliphatic rings. The average molecular weight is 296 g/mol. The van der Waals surface area contributed by atoms with E-state index in [0.29, 0.717) is 32.7 Å². The molecule has 0 bridgehead atoms. The van der Waals surface area contributed by atoms with Crippen LogP contribution in [0.1, 0.15) is 16.1 Å². The zero-order valence-electron chi connectivity index (χ0n) is 10.1. The van der Waals surface area contributed by atoms with Gasteiger partial charge >= 0.3 is 0 Å². The monoisotopic (exact) mass is 295 g/mol. The molecule has 19 heavy (non-hydrogen) atoms. The fourth-order valence-electron chi connectivity index (χ4n) is 1.55. The minimum atomic E-state index is -0.296. The predicted molar refractivity (Wildman–Crippen MR) is 77.8 cm³/mol. The fraction of sp³-hybridized carbons (Fsp3) is 0.0769. The number of rotatable bonds is 2. The van der Waals surface area contributed by atoms with E-state index in [1.807, 2.05) is 0 Å². The van der Waals surface area contributed by atoms with Gasteiger partial charge in [-0.25, -0.2) is 0 Å². The highest BCUT2D eigenvalue weighted by atomic mass is 35.5. The molecule has 1 heterocycles. The Kier molecular flexibility index (Phi) is 3.93. The number of nitrogens with two attached hydrogens (primary N) is 1. The number of amides is 1. The second-order valence-corrected chi connectivity index (χ2v) is 4.80. The first-order valence-corrected chi connectivity index (χ1v) is 6.21. The van der Waals surface area contributed by atoms with Gasteiger partial charge in [-0.1, -0.05) is 23.2 Å². The van der Waals surface area contributed by atoms with E-state index in [-0.39, 0.29) is 5.91 Å². The summed E-state index contributed by atoms with van der Waals surface area (Å²) in [7, 11) is 0. The van der Waals surface area contributed by atoms with Gasteiger partial charge in [0.1, 0.15) is 0 Å². The molecule has 3 N–H and O–H groups in total. The van der Waals surface area contributed by atoms with E-state index < -0.39 is 0 Å². The summed E-state index contributed by atoms with van der Waals surface area (Å²) < 4.78 is 0. The molecule has 1 aromatic carbocycles. The molecule has 2 rings (SSSR count). The molecule has 0 spiro atoms. The molecule has 2 aromatic rings. The van der Waals surface area contributed by atoms with Gasteiger partial charge in [0.25, 0.3) is 5.91 Å². The van der Waals surface area contributed by atoms with Gasteiger partial charge in [-0.15, -0.1) is 0 Å². The average Bonchev–Trinajstić information content (AvgIpc) is 2.36. The van der Waals surface area contributed by atoms with Gasteiger partial charge in [0.2, 0.25) is 0 Å². The minimum absolute atomic E-state index is 0.296. The zero-order valence-corrected chi connectivity index (χ0v) is 11.6. The van der Waals surface area contributed by atoms with Crippen LogP contribution in [0, 0.1) is 6.92 Å². The summed E-state index contributed by atoms with van der Waals surface area (Å²) >= 11 is 11.7. The molecule has 0 saturated heterocycles. The zero-order chi connectivity index (χ0) is 14.0. The lowest BCUT2D eigenvalue weighted by atomic mass is 10.1. The lowest BCUT2D eigenvalue weighted by Crippen LogP contribution is -2.14. The number of nitrogens with one attached hydrogen (secondary N) is 1. The maximum absolute atomic E-state index is 12.1. The molecule has 0 aliphatic carbocycles. The minimum Gasteiger partial charge on any atom is -0.397 e. The number of benzene rings is 1. The quantitative estimate of drug-likeness (QED) is 0.890. The summed E-state index contributed by atoms with van der Waals surface area (Å²) in [6.45, 7) is 1.74. The molecule has 0 unspecified atom stereocenters. The Morgan fingerprint density at radius 3 is 2.68 bits per heavy atom. The van der Waals surface area contributed by atoms with E-state index in [4.69, 9.17) is 28.9 Å². The van der Waals surface area contributed by atoms with E-state index in [0.717, 1.165) is 0 Å². The molecule has 4 nitrogen and oxygen atoms in total. The van der Waals surface area contributed by atoms with Gasteiger partial charge < -0.3 is 11.1 Å². The van der Waals surface area contributed by atoms with E-state index in [2.05, 4.69) is 10.3 Å². The van der Waals surface area contributed by atoms with Crippen LogP contribution in [0.4, 0.5) is 11.4 Å². The Morgan fingerprint density at radius 2 is 2.00 bits per heavy atom. The largest absolute Gasteiger partial charge is 0.397 e. The maximum Gasteiger partial charge on any atom is 0.257 e. The lowest BCUT2D eigenvalue weighted by molar-refractivity contribution is 0.102. The Labute approximate surface area is 120 Å². The van der Waals surface area contributed by atoms with Crippen molar-refractivity contribution in [1.29, 1.82) is 0 Å². The highest BCUT2D eigenvalue weighted by molar-refractivity contribution is 6.42. The molecule has 1 aromatic heterocycles. The second-order valence-electron chi connectivity index (χ2n) is 3.98. The highest BCUT2D eigenvalue weighted by Crippen LogP contribution is 2.25. The molecule has 0 aliphatic heterocycles. The van der Waals surface area contributed by atoms with Crippen molar-refractivity contribution in [1.82, 2.24) is 4.98 Å². The van der Waals surface area contributed by atoms with Gasteiger partial charge in [-0.05, 0) is 31.2 Å². The molecule has 6 heteroatoms. The molecule has 0 atom stereocenters. The lowest BCUT2D eigenvalue weighted by Gasteiger charge is -2.08.